The minimum absolute atomic E-state index is 0.601. The molecule has 0 N–H and O–H groups in total. The maximum absolute atomic E-state index is 5.13. The van der Waals surface area contributed by atoms with Crippen LogP contribution < -0.4 is 0 Å². The lowest BCUT2D eigenvalue weighted by Crippen LogP contribution is -2.53. The largest absolute Gasteiger partial charge is 0.662 e. The van der Waals surface area contributed by atoms with Crippen LogP contribution in [0.1, 0.15) is 12.8 Å². The van der Waals surface area contributed by atoms with Gasteiger partial charge in [0, 0.05) is 5.41 Å². The van der Waals surface area contributed by atoms with Crippen molar-refractivity contribution in [3.8, 4) is 0 Å². The first-order valence-electron chi connectivity index (χ1n) is 3.51. The summed E-state index contributed by atoms with van der Waals surface area (Å²) in [4.78, 5) is 0. The van der Waals surface area contributed by atoms with Crippen molar-refractivity contribution < 1.29 is 4.74 Å². The molecule has 2 nitrogen and oxygen atoms in total. The van der Waals surface area contributed by atoms with Crippen molar-refractivity contribution in [1.82, 2.24) is 0 Å². The van der Waals surface area contributed by atoms with Gasteiger partial charge in [0.15, 0.2) is 0 Å². The zero-order valence-electron chi connectivity index (χ0n) is 5.76. The van der Waals surface area contributed by atoms with Gasteiger partial charge in [-0.25, -0.2) is 0 Å². The van der Waals surface area contributed by atoms with E-state index in [0.29, 0.717) is 11.5 Å². The monoisotopic (exact) mass is 126 g/mol. The van der Waals surface area contributed by atoms with Gasteiger partial charge in [-0.2, -0.15) is 7.05 Å². The van der Waals surface area contributed by atoms with E-state index in [1.807, 2.05) is 7.05 Å². The highest BCUT2D eigenvalue weighted by molar-refractivity contribution is 5.08. The molecule has 0 radical (unpaired) electrons. The summed E-state index contributed by atoms with van der Waals surface area (Å²) in [5.74, 6) is 0. The Morgan fingerprint density at radius 2 is 2.11 bits per heavy atom. The van der Waals surface area contributed by atoms with Crippen molar-refractivity contribution in [2.24, 2.45) is 5.41 Å². The lowest BCUT2D eigenvalue weighted by atomic mass is 9.64. The molecule has 1 aliphatic heterocycles. The molecule has 1 saturated heterocycles. The van der Waals surface area contributed by atoms with E-state index in [0.717, 1.165) is 13.2 Å². The van der Waals surface area contributed by atoms with Crippen molar-refractivity contribution in [1.29, 1.82) is 0 Å². The highest BCUT2D eigenvalue weighted by atomic mass is 16.5. The molecule has 1 spiro atoms. The lowest BCUT2D eigenvalue weighted by Gasteiger charge is -2.58. The van der Waals surface area contributed by atoms with E-state index >= 15 is 0 Å². The lowest BCUT2D eigenvalue weighted by molar-refractivity contribution is -0.158. The molecular weight excluding hydrogens is 114 g/mol. The maximum atomic E-state index is 5.13. The van der Waals surface area contributed by atoms with Crippen molar-refractivity contribution >= 4 is 0 Å². The molecule has 0 unspecified atom stereocenters. The molecule has 0 aromatic heterocycles. The smallest absolute Gasteiger partial charge is 0.0543 e. The van der Waals surface area contributed by atoms with Crippen molar-refractivity contribution in [3.63, 3.8) is 0 Å². The molecule has 2 heteroatoms. The third-order valence-electron chi connectivity index (χ3n) is 2.52. The Bertz CT molecular complexity index is 112. The highest BCUT2D eigenvalue weighted by Crippen LogP contribution is 2.48. The van der Waals surface area contributed by atoms with Gasteiger partial charge in [-0.05, 0) is 0 Å². The summed E-state index contributed by atoms with van der Waals surface area (Å²) in [6.45, 7) is 2.00. The van der Waals surface area contributed by atoms with E-state index in [2.05, 4.69) is 5.32 Å². The quantitative estimate of drug-likeness (QED) is 0.517. The molecule has 1 saturated carbocycles. The Morgan fingerprint density at radius 1 is 1.44 bits per heavy atom. The van der Waals surface area contributed by atoms with Crippen molar-refractivity contribution in [2.75, 3.05) is 20.3 Å². The van der Waals surface area contributed by atoms with Gasteiger partial charge in [0.25, 0.3) is 0 Å². The van der Waals surface area contributed by atoms with E-state index in [4.69, 9.17) is 4.74 Å². The fourth-order valence-corrected chi connectivity index (χ4v) is 1.75. The van der Waals surface area contributed by atoms with Gasteiger partial charge in [0.05, 0.1) is 13.2 Å². The summed E-state index contributed by atoms with van der Waals surface area (Å²) in [7, 11) is 1.91. The van der Waals surface area contributed by atoms with Gasteiger partial charge < -0.3 is 10.1 Å². The fourth-order valence-electron chi connectivity index (χ4n) is 1.75. The number of hydrogen-bond acceptors (Lipinski definition) is 1. The summed E-state index contributed by atoms with van der Waals surface area (Å²) in [5.41, 5.74) is 0.601. The van der Waals surface area contributed by atoms with Crippen LogP contribution in [-0.4, -0.2) is 26.3 Å². The summed E-state index contributed by atoms with van der Waals surface area (Å²) in [6, 6.07) is 0.661. The molecule has 2 fully saturated rings. The molecule has 2 rings (SSSR count). The highest BCUT2D eigenvalue weighted by Gasteiger charge is 2.45. The average Bonchev–Trinajstić information content (AvgIpc) is 1.59. The molecule has 1 aliphatic carbocycles. The normalized spacial score (nSPS) is 31.7. The predicted molar refractivity (Wildman–Crippen MR) is 35.6 cm³/mol. The van der Waals surface area contributed by atoms with Crippen LogP contribution in [0.5, 0.6) is 0 Å². The first-order valence-corrected chi connectivity index (χ1v) is 3.51. The molecule has 0 atom stereocenters. The van der Waals surface area contributed by atoms with Crippen LogP contribution in [0.2, 0.25) is 0 Å². The standard InChI is InChI=1S/C7H12NO/c1-8-6-2-7(3-6)4-9-5-7/h6H,2-5H2,1H3/q-1. The molecule has 0 aromatic carbocycles. The van der Waals surface area contributed by atoms with Crippen LogP contribution in [0.15, 0.2) is 0 Å². The first-order chi connectivity index (χ1) is 4.35. The number of hydrogen-bond donors (Lipinski definition) is 0. The molecule has 52 valence electrons. The summed E-state index contributed by atoms with van der Waals surface area (Å²) in [5, 5.41) is 4.22. The van der Waals surface area contributed by atoms with Crippen LogP contribution in [0.3, 0.4) is 0 Å². The first kappa shape index (κ1) is 5.69. The topological polar surface area (TPSA) is 23.3 Å². The molecule has 2 aliphatic rings. The second-order valence-electron chi connectivity index (χ2n) is 3.31. The molecule has 1 heterocycles. The maximum Gasteiger partial charge on any atom is 0.0543 e. The van der Waals surface area contributed by atoms with Crippen LogP contribution >= 0.6 is 0 Å². The van der Waals surface area contributed by atoms with Gasteiger partial charge in [0.1, 0.15) is 0 Å². The average molecular weight is 126 g/mol. The van der Waals surface area contributed by atoms with E-state index in [1.165, 1.54) is 12.8 Å². The van der Waals surface area contributed by atoms with Crippen LogP contribution in [0.25, 0.3) is 5.32 Å². The summed E-state index contributed by atoms with van der Waals surface area (Å²) in [6.07, 6.45) is 2.56. The Labute approximate surface area is 55.6 Å². The van der Waals surface area contributed by atoms with Crippen LogP contribution in [0.4, 0.5) is 0 Å². The molecular formula is C7H12NO-. The van der Waals surface area contributed by atoms with Gasteiger partial charge in [-0.15, -0.1) is 6.04 Å². The second-order valence-corrected chi connectivity index (χ2v) is 3.31. The molecule has 0 aromatic rings. The third kappa shape index (κ3) is 0.700. The van der Waals surface area contributed by atoms with E-state index in [-0.39, 0.29) is 0 Å². The Balaban J connectivity index is 1.82. The summed E-state index contributed by atoms with van der Waals surface area (Å²) < 4.78 is 5.13. The van der Waals surface area contributed by atoms with E-state index in [1.54, 1.807) is 0 Å². The summed E-state index contributed by atoms with van der Waals surface area (Å²) >= 11 is 0. The number of nitrogens with zero attached hydrogens (tertiary/aromatic N) is 1. The third-order valence-corrected chi connectivity index (χ3v) is 2.52. The van der Waals surface area contributed by atoms with Crippen molar-refractivity contribution in [3.05, 3.63) is 5.32 Å². The minimum atomic E-state index is 0.601. The fraction of sp³-hybridized carbons (Fsp3) is 1.00. The van der Waals surface area contributed by atoms with Gasteiger partial charge in [-0.3, -0.25) is 0 Å². The Kier molecular flexibility index (Phi) is 1.08. The minimum Gasteiger partial charge on any atom is -0.662 e. The number of ether oxygens (including phenoxy) is 1. The molecule has 0 amide bonds. The zero-order valence-corrected chi connectivity index (χ0v) is 5.76. The molecule has 9 heavy (non-hydrogen) atoms. The van der Waals surface area contributed by atoms with Gasteiger partial charge >= 0.3 is 0 Å². The van der Waals surface area contributed by atoms with Crippen LogP contribution in [-0.2, 0) is 4.74 Å². The van der Waals surface area contributed by atoms with Gasteiger partial charge in [0.2, 0.25) is 0 Å². The second kappa shape index (κ2) is 1.70. The predicted octanol–water partition coefficient (Wildman–Crippen LogP) is 1.17. The van der Waals surface area contributed by atoms with Gasteiger partial charge in [-0.1, -0.05) is 12.8 Å². The zero-order chi connectivity index (χ0) is 6.32. The Hall–Kier alpha value is -0.0800. The van der Waals surface area contributed by atoms with E-state index < -0.39 is 0 Å². The SMILES string of the molecule is C[N-]C1CC2(COC2)C1. The Morgan fingerprint density at radius 3 is 2.44 bits per heavy atom. The number of rotatable bonds is 1. The van der Waals surface area contributed by atoms with Crippen molar-refractivity contribution in [2.45, 2.75) is 18.9 Å². The van der Waals surface area contributed by atoms with Crippen LogP contribution in [0, 0.1) is 5.41 Å². The van der Waals surface area contributed by atoms with E-state index in [9.17, 15) is 0 Å². The molecule has 0 bridgehead atoms.